The van der Waals surface area contributed by atoms with Gasteiger partial charge in [-0.1, -0.05) is 25.1 Å². The molecule has 18 heavy (non-hydrogen) atoms. The van der Waals surface area contributed by atoms with Crippen LogP contribution in [0.15, 0.2) is 24.3 Å². The number of para-hydroxylation sites is 1. The van der Waals surface area contributed by atoms with Crippen LogP contribution in [-0.4, -0.2) is 23.6 Å². The van der Waals surface area contributed by atoms with E-state index in [2.05, 4.69) is 23.3 Å². The molecule has 1 aromatic carbocycles. The van der Waals surface area contributed by atoms with E-state index in [9.17, 15) is 9.59 Å². The predicted octanol–water partition coefficient (Wildman–Crippen LogP) is 1.62. The first kappa shape index (κ1) is 14.6. The van der Waals surface area contributed by atoms with E-state index in [1.807, 2.05) is 31.2 Å². The number of hydrogen-bond donors (Lipinski definition) is 3. The Morgan fingerprint density at radius 2 is 2.00 bits per heavy atom. The van der Waals surface area contributed by atoms with Gasteiger partial charge in [-0.3, -0.25) is 9.59 Å². The van der Waals surface area contributed by atoms with E-state index in [0.29, 0.717) is 0 Å². The van der Waals surface area contributed by atoms with Gasteiger partial charge < -0.3 is 10.6 Å². The van der Waals surface area contributed by atoms with Crippen LogP contribution >= 0.6 is 12.6 Å². The molecule has 0 saturated heterocycles. The molecule has 0 aromatic heterocycles. The minimum Gasteiger partial charge on any atom is -0.344 e. The lowest BCUT2D eigenvalue weighted by atomic mass is 10.1. The summed E-state index contributed by atoms with van der Waals surface area (Å²) in [7, 11) is 0. The molecule has 5 heteroatoms. The highest BCUT2D eigenvalue weighted by molar-refractivity contribution is 7.80. The van der Waals surface area contributed by atoms with Crippen LogP contribution in [0, 0.1) is 0 Å². The molecule has 0 fully saturated rings. The minimum absolute atomic E-state index is 0.243. The molecule has 98 valence electrons. The number of anilines is 1. The first-order valence-electron chi connectivity index (χ1n) is 5.85. The number of carbonyl (C=O) groups is 2. The Morgan fingerprint density at radius 1 is 1.33 bits per heavy atom. The summed E-state index contributed by atoms with van der Waals surface area (Å²) >= 11 is 4.07. The largest absolute Gasteiger partial charge is 0.344 e. The summed E-state index contributed by atoms with van der Waals surface area (Å²) in [4.78, 5) is 22.9. The van der Waals surface area contributed by atoms with Gasteiger partial charge in [0.15, 0.2) is 0 Å². The first-order chi connectivity index (χ1) is 8.58. The van der Waals surface area contributed by atoms with Crippen LogP contribution in [0.2, 0.25) is 0 Å². The lowest BCUT2D eigenvalue weighted by molar-refractivity contribution is -0.124. The van der Waals surface area contributed by atoms with Crippen molar-refractivity contribution in [2.75, 3.05) is 11.1 Å². The molecule has 1 atom stereocenters. The van der Waals surface area contributed by atoms with E-state index < -0.39 is 6.04 Å². The van der Waals surface area contributed by atoms with Crippen LogP contribution < -0.4 is 10.6 Å². The minimum atomic E-state index is -0.615. The number of carbonyl (C=O) groups excluding carboxylic acids is 2. The van der Waals surface area contributed by atoms with Crippen molar-refractivity contribution in [3.63, 3.8) is 0 Å². The molecule has 0 spiro atoms. The summed E-state index contributed by atoms with van der Waals surface area (Å²) in [5.41, 5.74) is 1.84. The number of amides is 2. The van der Waals surface area contributed by atoms with Crippen molar-refractivity contribution in [3.05, 3.63) is 29.8 Å². The molecule has 1 aromatic rings. The van der Waals surface area contributed by atoms with Gasteiger partial charge in [0.2, 0.25) is 11.8 Å². The third-order valence-electron chi connectivity index (χ3n) is 2.53. The van der Waals surface area contributed by atoms with Crippen molar-refractivity contribution >= 4 is 30.1 Å². The van der Waals surface area contributed by atoms with E-state index in [4.69, 9.17) is 0 Å². The van der Waals surface area contributed by atoms with Gasteiger partial charge >= 0.3 is 0 Å². The summed E-state index contributed by atoms with van der Waals surface area (Å²) in [6.45, 7) is 3.40. The average Bonchev–Trinajstić information content (AvgIpc) is 2.36. The van der Waals surface area contributed by atoms with Gasteiger partial charge in [0.05, 0.1) is 0 Å². The number of hydrogen-bond acceptors (Lipinski definition) is 3. The fraction of sp³-hybridized carbons (Fsp3) is 0.385. The molecule has 0 radical (unpaired) electrons. The molecule has 4 nitrogen and oxygen atoms in total. The highest BCUT2D eigenvalue weighted by Gasteiger charge is 2.18. The maximum Gasteiger partial charge on any atom is 0.247 e. The molecule has 0 heterocycles. The molecule has 1 rings (SSSR count). The molecule has 0 aliphatic carbocycles. The number of nitrogens with one attached hydrogen (secondary N) is 2. The van der Waals surface area contributed by atoms with Crippen molar-refractivity contribution in [1.82, 2.24) is 5.32 Å². The standard InChI is InChI=1S/C13H18N2O2S/c1-3-10-6-4-5-7-11(10)15-13(17)12(8-18)14-9(2)16/h4-7,12,18H,3,8H2,1-2H3,(H,14,16)(H,15,17). The Labute approximate surface area is 113 Å². The van der Waals surface area contributed by atoms with Gasteiger partial charge in [0.1, 0.15) is 6.04 Å². The second-order valence-electron chi connectivity index (χ2n) is 3.94. The Bertz CT molecular complexity index is 435. The molecule has 0 aliphatic heterocycles. The van der Waals surface area contributed by atoms with Crippen molar-refractivity contribution in [2.45, 2.75) is 26.3 Å². The SMILES string of the molecule is CCc1ccccc1NC(=O)C(CS)NC(C)=O. The van der Waals surface area contributed by atoms with Crippen LogP contribution in [0.5, 0.6) is 0 Å². The van der Waals surface area contributed by atoms with Gasteiger partial charge in [-0.05, 0) is 18.1 Å². The Kier molecular flexibility index (Phi) is 5.71. The zero-order valence-electron chi connectivity index (χ0n) is 10.6. The highest BCUT2D eigenvalue weighted by Crippen LogP contribution is 2.15. The topological polar surface area (TPSA) is 58.2 Å². The van der Waals surface area contributed by atoms with Crippen molar-refractivity contribution < 1.29 is 9.59 Å². The van der Waals surface area contributed by atoms with E-state index in [1.165, 1.54) is 6.92 Å². The Balaban J connectivity index is 2.76. The maximum atomic E-state index is 12.0. The lowest BCUT2D eigenvalue weighted by Crippen LogP contribution is -2.44. The van der Waals surface area contributed by atoms with E-state index >= 15 is 0 Å². The molecule has 0 saturated carbocycles. The first-order valence-corrected chi connectivity index (χ1v) is 6.48. The van der Waals surface area contributed by atoms with Crippen LogP contribution in [0.1, 0.15) is 19.4 Å². The smallest absolute Gasteiger partial charge is 0.247 e. The molecule has 1 unspecified atom stereocenters. The van der Waals surface area contributed by atoms with Crippen molar-refractivity contribution in [3.8, 4) is 0 Å². The van der Waals surface area contributed by atoms with Crippen LogP contribution in [0.25, 0.3) is 0 Å². The summed E-state index contributed by atoms with van der Waals surface area (Å²) < 4.78 is 0. The Morgan fingerprint density at radius 3 is 2.56 bits per heavy atom. The van der Waals surface area contributed by atoms with Gasteiger partial charge in [-0.15, -0.1) is 0 Å². The second kappa shape index (κ2) is 7.06. The monoisotopic (exact) mass is 266 g/mol. The fourth-order valence-corrected chi connectivity index (χ4v) is 1.87. The quantitative estimate of drug-likeness (QED) is 0.709. The zero-order valence-corrected chi connectivity index (χ0v) is 11.5. The summed E-state index contributed by atoms with van der Waals surface area (Å²) in [5.74, 6) is -0.228. The molecule has 2 amide bonds. The number of aryl methyl sites for hydroxylation is 1. The van der Waals surface area contributed by atoms with Gasteiger partial charge in [0, 0.05) is 18.4 Å². The summed E-state index contributed by atoms with van der Waals surface area (Å²) in [6, 6.07) is 6.99. The fourth-order valence-electron chi connectivity index (χ4n) is 1.61. The number of thiol groups is 1. The van der Waals surface area contributed by atoms with E-state index in [1.54, 1.807) is 0 Å². The van der Waals surface area contributed by atoms with E-state index in [-0.39, 0.29) is 17.6 Å². The number of rotatable bonds is 5. The van der Waals surface area contributed by atoms with Crippen molar-refractivity contribution in [1.29, 1.82) is 0 Å². The van der Waals surface area contributed by atoms with Gasteiger partial charge in [-0.2, -0.15) is 12.6 Å². The van der Waals surface area contributed by atoms with Crippen LogP contribution in [0.3, 0.4) is 0 Å². The van der Waals surface area contributed by atoms with E-state index in [0.717, 1.165) is 17.7 Å². The van der Waals surface area contributed by atoms with Crippen molar-refractivity contribution in [2.24, 2.45) is 0 Å². The summed E-state index contributed by atoms with van der Waals surface area (Å²) in [6.07, 6.45) is 0.835. The number of benzene rings is 1. The van der Waals surface area contributed by atoms with Gasteiger partial charge in [-0.25, -0.2) is 0 Å². The summed E-state index contributed by atoms with van der Waals surface area (Å²) in [5, 5.41) is 5.37. The molecule has 0 bridgehead atoms. The molecule has 2 N–H and O–H groups in total. The molecular formula is C13H18N2O2S. The van der Waals surface area contributed by atoms with Gasteiger partial charge in [0.25, 0.3) is 0 Å². The Hall–Kier alpha value is -1.49. The normalized spacial score (nSPS) is 11.7. The highest BCUT2D eigenvalue weighted by atomic mass is 32.1. The molecular weight excluding hydrogens is 248 g/mol. The maximum absolute atomic E-state index is 12.0. The average molecular weight is 266 g/mol. The predicted molar refractivity (Wildman–Crippen MR) is 75.9 cm³/mol. The third-order valence-corrected chi connectivity index (χ3v) is 2.90. The zero-order chi connectivity index (χ0) is 13.5. The second-order valence-corrected chi connectivity index (χ2v) is 4.30. The van der Waals surface area contributed by atoms with Crippen LogP contribution in [-0.2, 0) is 16.0 Å². The lowest BCUT2D eigenvalue weighted by Gasteiger charge is -2.16. The molecule has 0 aliphatic rings. The van der Waals surface area contributed by atoms with Crippen LogP contribution in [0.4, 0.5) is 5.69 Å². The third kappa shape index (κ3) is 4.07.